The third-order valence-electron chi connectivity index (χ3n) is 6.11. The van der Waals surface area contributed by atoms with Gasteiger partial charge in [-0.2, -0.15) is 0 Å². The molecule has 3 rings (SSSR count). The molecule has 0 spiro atoms. The van der Waals surface area contributed by atoms with Gasteiger partial charge in [0.15, 0.2) is 5.60 Å². The van der Waals surface area contributed by atoms with Gasteiger partial charge < -0.3 is 5.11 Å². The normalized spacial score (nSPS) is 17.9. The molecule has 0 heterocycles. The van der Waals surface area contributed by atoms with Gasteiger partial charge in [0.25, 0.3) is 0 Å². The molecule has 2 nitrogen and oxygen atoms in total. The zero-order valence-corrected chi connectivity index (χ0v) is 16.6. The van der Waals surface area contributed by atoms with Crippen LogP contribution in [-0.2, 0) is 12.1 Å². The van der Waals surface area contributed by atoms with Gasteiger partial charge in [-0.1, -0.05) is 92.3 Å². The van der Waals surface area contributed by atoms with Crippen molar-refractivity contribution in [2.45, 2.75) is 51.2 Å². The fourth-order valence-electron chi connectivity index (χ4n) is 4.47. The molecule has 2 heteroatoms. The van der Waals surface area contributed by atoms with Crippen LogP contribution in [0.4, 0.5) is 0 Å². The van der Waals surface area contributed by atoms with Crippen LogP contribution in [0.3, 0.4) is 0 Å². The van der Waals surface area contributed by atoms with Gasteiger partial charge in [-0.3, -0.25) is 4.90 Å². The van der Waals surface area contributed by atoms with E-state index in [9.17, 15) is 5.11 Å². The van der Waals surface area contributed by atoms with Gasteiger partial charge in [-0.15, -0.1) is 0 Å². The Labute approximate surface area is 164 Å². The van der Waals surface area contributed by atoms with Crippen molar-refractivity contribution < 1.29 is 5.11 Å². The standard InChI is InChI=1S/C25H31NO/c1-3-24(17-10-11-18-24)25(27,23-15-8-5-9-16-23)19-12-20-26(2)21-22-13-6-4-7-14-22/h4-9,13-16,27H,3,10-11,17-18,20-21H2,1-2H3/t25-/m0/s1. The first-order valence-corrected chi connectivity index (χ1v) is 10.1. The smallest absolute Gasteiger partial charge is 0.156 e. The summed E-state index contributed by atoms with van der Waals surface area (Å²) in [5.74, 6) is 6.63. The Morgan fingerprint density at radius 2 is 1.59 bits per heavy atom. The van der Waals surface area contributed by atoms with Crippen LogP contribution in [-0.4, -0.2) is 23.6 Å². The summed E-state index contributed by atoms with van der Waals surface area (Å²) in [5.41, 5.74) is 1.000. The first-order valence-electron chi connectivity index (χ1n) is 10.1. The summed E-state index contributed by atoms with van der Waals surface area (Å²) in [6.07, 6.45) is 5.40. The van der Waals surface area contributed by atoms with Crippen molar-refractivity contribution in [3.8, 4) is 11.8 Å². The predicted octanol–water partition coefficient (Wildman–Crippen LogP) is 4.98. The van der Waals surface area contributed by atoms with Gasteiger partial charge in [-0.25, -0.2) is 0 Å². The lowest BCUT2D eigenvalue weighted by Crippen LogP contribution is -2.43. The van der Waals surface area contributed by atoms with Crippen molar-refractivity contribution in [2.75, 3.05) is 13.6 Å². The maximum absolute atomic E-state index is 11.8. The molecule has 1 aliphatic carbocycles. The van der Waals surface area contributed by atoms with Crippen LogP contribution in [0.1, 0.15) is 50.2 Å². The molecule has 1 N–H and O–H groups in total. The summed E-state index contributed by atoms with van der Waals surface area (Å²) < 4.78 is 0. The highest BCUT2D eigenvalue weighted by Crippen LogP contribution is 2.53. The van der Waals surface area contributed by atoms with Crippen LogP contribution >= 0.6 is 0 Å². The first kappa shape index (κ1) is 19.7. The molecule has 0 aromatic heterocycles. The number of hydrogen-bond donors (Lipinski definition) is 1. The maximum atomic E-state index is 11.8. The van der Waals surface area contributed by atoms with Crippen molar-refractivity contribution in [1.82, 2.24) is 4.90 Å². The molecule has 1 atom stereocenters. The lowest BCUT2D eigenvalue weighted by atomic mass is 9.65. The van der Waals surface area contributed by atoms with Crippen molar-refractivity contribution >= 4 is 0 Å². The van der Waals surface area contributed by atoms with Crippen LogP contribution in [0.2, 0.25) is 0 Å². The topological polar surface area (TPSA) is 23.5 Å². The summed E-state index contributed by atoms with van der Waals surface area (Å²) in [7, 11) is 2.08. The third-order valence-corrected chi connectivity index (χ3v) is 6.11. The summed E-state index contributed by atoms with van der Waals surface area (Å²) in [6.45, 7) is 3.70. The summed E-state index contributed by atoms with van der Waals surface area (Å²) in [4.78, 5) is 2.20. The van der Waals surface area contributed by atoms with Crippen molar-refractivity contribution in [1.29, 1.82) is 0 Å². The minimum Gasteiger partial charge on any atom is -0.373 e. The number of benzene rings is 2. The highest BCUT2D eigenvalue weighted by molar-refractivity contribution is 5.36. The second-order valence-corrected chi connectivity index (χ2v) is 7.88. The molecule has 27 heavy (non-hydrogen) atoms. The number of rotatable bonds is 6. The first-order chi connectivity index (χ1) is 13.1. The Balaban J connectivity index is 1.82. The SMILES string of the molecule is CCC1([C@](O)(C#CCN(C)Cc2ccccc2)c2ccccc2)CCCC1. The van der Waals surface area contributed by atoms with Gasteiger partial charge in [0, 0.05) is 12.0 Å². The Hall–Kier alpha value is -2.08. The molecule has 2 aromatic rings. The lowest BCUT2D eigenvalue weighted by Gasteiger charge is -2.42. The quantitative estimate of drug-likeness (QED) is 0.734. The van der Waals surface area contributed by atoms with E-state index in [1.807, 2.05) is 36.4 Å². The van der Waals surface area contributed by atoms with E-state index in [1.165, 1.54) is 18.4 Å². The largest absolute Gasteiger partial charge is 0.373 e. The second-order valence-electron chi connectivity index (χ2n) is 7.88. The molecule has 0 bridgehead atoms. The average molecular weight is 362 g/mol. The molecule has 1 saturated carbocycles. The zero-order chi connectivity index (χ0) is 19.2. The van der Waals surface area contributed by atoms with Crippen molar-refractivity contribution in [3.63, 3.8) is 0 Å². The van der Waals surface area contributed by atoms with E-state index < -0.39 is 5.60 Å². The summed E-state index contributed by atoms with van der Waals surface area (Å²) in [6, 6.07) is 20.5. The summed E-state index contributed by atoms with van der Waals surface area (Å²) >= 11 is 0. The monoisotopic (exact) mass is 361 g/mol. The Morgan fingerprint density at radius 1 is 1.00 bits per heavy atom. The molecule has 1 fully saturated rings. The molecule has 0 radical (unpaired) electrons. The van der Waals surface area contributed by atoms with Crippen molar-refractivity contribution in [2.24, 2.45) is 5.41 Å². The summed E-state index contributed by atoms with van der Waals surface area (Å²) in [5, 5.41) is 11.8. The van der Waals surface area contributed by atoms with E-state index in [1.54, 1.807) is 0 Å². The Bertz CT molecular complexity index is 768. The highest BCUT2D eigenvalue weighted by atomic mass is 16.3. The lowest BCUT2D eigenvalue weighted by molar-refractivity contribution is -0.0422. The number of hydrogen-bond acceptors (Lipinski definition) is 2. The van der Waals surface area contributed by atoms with Gasteiger partial charge in [0.2, 0.25) is 0 Å². The van der Waals surface area contributed by atoms with Crippen molar-refractivity contribution in [3.05, 3.63) is 71.8 Å². The Kier molecular flexibility index (Phi) is 6.37. The van der Waals surface area contributed by atoms with Gasteiger partial charge in [-0.05, 0) is 37.4 Å². The maximum Gasteiger partial charge on any atom is 0.156 e. The zero-order valence-electron chi connectivity index (χ0n) is 16.6. The van der Waals surface area contributed by atoms with Gasteiger partial charge in [0.05, 0.1) is 6.54 Å². The number of nitrogens with zero attached hydrogens (tertiary/aromatic N) is 1. The predicted molar refractivity (Wildman–Crippen MR) is 112 cm³/mol. The number of aliphatic hydroxyl groups is 1. The molecule has 0 unspecified atom stereocenters. The fraction of sp³-hybridized carbons (Fsp3) is 0.440. The van der Waals surface area contributed by atoms with Gasteiger partial charge in [0.1, 0.15) is 0 Å². The molecule has 0 amide bonds. The van der Waals surface area contributed by atoms with Crippen LogP contribution in [0, 0.1) is 17.3 Å². The van der Waals surface area contributed by atoms with E-state index in [0.717, 1.165) is 31.4 Å². The molecule has 2 aromatic carbocycles. The molecular weight excluding hydrogens is 330 g/mol. The van der Waals surface area contributed by atoms with Crippen LogP contribution in [0.5, 0.6) is 0 Å². The Morgan fingerprint density at radius 3 is 2.19 bits per heavy atom. The van der Waals surface area contributed by atoms with E-state index in [0.29, 0.717) is 6.54 Å². The highest BCUT2D eigenvalue weighted by Gasteiger charge is 2.50. The second kappa shape index (κ2) is 8.74. The van der Waals surface area contributed by atoms with Crippen LogP contribution in [0.15, 0.2) is 60.7 Å². The average Bonchev–Trinajstić information content (AvgIpc) is 3.20. The van der Waals surface area contributed by atoms with Crippen LogP contribution < -0.4 is 0 Å². The van der Waals surface area contributed by atoms with E-state index in [2.05, 4.69) is 55.0 Å². The molecule has 0 aliphatic heterocycles. The molecule has 0 saturated heterocycles. The molecule has 142 valence electrons. The minimum atomic E-state index is -1.08. The van der Waals surface area contributed by atoms with Gasteiger partial charge >= 0.3 is 0 Å². The third kappa shape index (κ3) is 4.26. The van der Waals surface area contributed by atoms with Crippen LogP contribution in [0.25, 0.3) is 0 Å². The molecule has 1 aliphatic rings. The van der Waals surface area contributed by atoms with E-state index >= 15 is 0 Å². The fourth-order valence-corrected chi connectivity index (χ4v) is 4.47. The van der Waals surface area contributed by atoms with E-state index in [4.69, 9.17) is 0 Å². The molecular formula is C25H31NO. The minimum absolute atomic E-state index is 0.140. The van der Waals surface area contributed by atoms with E-state index in [-0.39, 0.29) is 5.41 Å².